The molecule has 2 aromatic heterocycles. The quantitative estimate of drug-likeness (QED) is 0.470. The molecule has 0 bridgehead atoms. The highest BCUT2D eigenvalue weighted by molar-refractivity contribution is 5.58. The van der Waals surface area contributed by atoms with Gasteiger partial charge in [-0.1, -0.05) is 17.7 Å². The van der Waals surface area contributed by atoms with Crippen LogP contribution in [0.1, 0.15) is 62.8 Å². The fraction of sp³-hybridized carbons (Fsp3) is 0.625. The van der Waals surface area contributed by atoms with E-state index in [1.165, 1.54) is 19.3 Å². The third kappa shape index (κ3) is 5.52. The summed E-state index contributed by atoms with van der Waals surface area (Å²) >= 11 is 0. The van der Waals surface area contributed by atoms with Crippen LogP contribution in [0.3, 0.4) is 0 Å². The Morgan fingerprint density at radius 1 is 1.19 bits per heavy atom. The Balaban J connectivity index is 1.46. The van der Waals surface area contributed by atoms with Crippen molar-refractivity contribution in [1.82, 2.24) is 20.0 Å². The van der Waals surface area contributed by atoms with Gasteiger partial charge in [0.1, 0.15) is 11.4 Å². The van der Waals surface area contributed by atoms with Crippen LogP contribution < -0.4 is 4.74 Å². The maximum atomic E-state index is 6.36. The number of ether oxygens (including phenoxy) is 3. The zero-order valence-corrected chi connectivity index (χ0v) is 18.8. The zero-order valence-electron chi connectivity index (χ0n) is 18.8. The Hall–Kier alpha value is -2.25. The van der Waals surface area contributed by atoms with Gasteiger partial charge in [-0.05, 0) is 69.9 Å². The van der Waals surface area contributed by atoms with Crippen LogP contribution in [-0.2, 0) is 23.1 Å². The highest BCUT2D eigenvalue weighted by Gasteiger charge is 2.22. The number of rotatable bonds is 7. The summed E-state index contributed by atoms with van der Waals surface area (Å²) in [6.45, 7) is 7.13. The lowest BCUT2D eigenvalue weighted by Gasteiger charge is -2.22. The van der Waals surface area contributed by atoms with E-state index in [1.807, 2.05) is 26.1 Å². The monoisotopic (exact) mass is 426 g/mol. The predicted octanol–water partition coefficient (Wildman–Crippen LogP) is 4.74. The van der Waals surface area contributed by atoms with Crippen molar-refractivity contribution in [2.24, 2.45) is 13.0 Å². The first-order valence-electron chi connectivity index (χ1n) is 11.5. The molecular formula is C24H34N4O3. The summed E-state index contributed by atoms with van der Waals surface area (Å²) in [5, 5.41) is 8.54. The molecule has 4 rings (SSSR count). The Bertz CT molecular complexity index is 876. The Kier molecular flexibility index (Phi) is 7.35. The summed E-state index contributed by atoms with van der Waals surface area (Å²) in [4.78, 5) is 4.79. The first kappa shape index (κ1) is 22.0. The molecule has 168 valence electrons. The number of aryl methyl sites for hydroxylation is 2. The number of pyridine rings is 1. The number of nitrogens with zero attached hydrogens (tertiary/aromatic N) is 4. The predicted molar refractivity (Wildman–Crippen MR) is 119 cm³/mol. The van der Waals surface area contributed by atoms with Crippen molar-refractivity contribution >= 4 is 0 Å². The normalized spacial score (nSPS) is 24.5. The van der Waals surface area contributed by atoms with E-state index in [0.717, 1.165) is 67.2 Å². The van der Waals surface area contributed by atoms with Crippen LogP contribution in [0, 0.1) is 12.8 Å². The van der Waals surface area contributed by atoms with Crippen LogP contribution in [0.4, 0.5) is 0 Å². The smallest absolute Gasteiger partial charge is 0.158 e. The Morgan fingerprint density at radius 2 is 2.03 bits per heavy atom. The van der Waals surface area contributed by atoms with Crippen molar-refractivity contribution in [2.75, 3.05) is 6.61 Å². The van der Waals surface area contributed by atoms with Gasteiger partial charge in [0.25, 0.3) is 0 Å². The third-order valence-corrected chi connectivity index (χ3v) is 6.31. The molecular weight excluding hydrogens is 392 g/mol. The minimum absolute atomic E-state index is 0.152. The molecule has 7 nitrogen and oxygen atoms in total. The molecule has 1 saturated heterocycles. The molecule has 3 atom stereocenters. The fourth-order valence-electron chi connectivity index (χ4n) is 4.41. The Morgan fingerprint density at radius 3 is 2.81 bits per heavy atom. The minimum atomic E-state index is -0.152. The molecule has 3 unspecified atom stereocenters. The van der Waals surface area contributed by atoms with Gasteiger partial charge in [-0.15, -0.1) is 11.7 Å². The second-order valence-electron chi connectivity index (χ2n) is 8.65. The van der Waals surface area contributed by atoms with Crippen molar-refractivity contribution < 1.29 is 14.2 Å². The highest BCUT2D eigenvalue weighted by Crippen LogP contribution is 2.30. The number of allylic oxidation sites excluding steroid dienone is 1. The molecule has 1 aliphatic carbocycles. The summed E-state index contributed by atoms with van der Waals surface area (Å²) in [6, 6.07) is 3.98. The van der Waals surface area contributed by atoms with E-state index >= 15 is 0 Å². The van der Waals surface area contributed by atoms with Gasteiger partial charge in [-0.2, -0.15) is 0 Å². The number of aromatic nitrogens is 4. The van der Waals surface area contributed by atoms with Gasteiger partial charge in [0.15, 0.2) is 6.29 Å². The summed E-state index contributed by atoms with van der Waals surface area (Å²) < 4.78 is 19.8. The molecule has 1 aliphatic heterocycles. The lowest BCUT2D eigenvalue weighted by Crippen LogP contribution is -2.22. The second kappa shape index (κ2) is 10.4. The van der Waals surface area contributed by atoms with Crippen LogP contribution in [0.25, 0.3) is 11.4 Å². The van der Waals surface area contributed by atoms with Gasteiger partial charge < -0.3 is 14.2 Å². The summed E-state index contributed by atoms with van der Waals surface area (Å²) in [5.74, 6) is 1.38. The van der Waals surface area contributed by atoms with E-state index in [9.17, 15) is 0 Å². The van der Waals surface area contributed by atoms with Crippen LogP contribution in [-0.4, -0.2) is 39.0 Å². The second-order valence-corrected chi connectivity index (χ2v) is 8.65. The van der Waals surface area contributed by atoms with E-state index in [-0.39, 0.29) is 12.4 Å². The average Bonchev–Trinajstić information content (AvgIpc) is 3.00. The molecule has 2 fully saturated rings. The van der Waals surface area contributed by atoms with Crippen LogP contribution >= 0.6 is 0 Å². The maximum absolute atomic E-state index is 6.36. The van der Waals surface area contributed by atoms with Crippen molar-refractivity contribution in [3.63, 3.8) is 0 Å². The zero-order chi connectivity index (χ0) is 21.6. The molecule has 2 aliphatic rings. The number of hydrogen-bond acceptors (Lipinski definition) is 6. The molecule has 0 amide bonds. The van der Waals surface area contributed by atoms with E-state index in [0.29, 0.717) is 12.5 Å². The molecule has 1 saturated carbocycles. The lowest BCUT2D eigenvalue weighted by atomic mass is 10.00. The maximum Gasteiger partial charge on any atom is 0.158 e. The van der Waals surface area contributed by atoms with Crippen molar-refractivity contribution in [3.8, 4) is 17.1 Å². The largest absolute Gasteiger partial charge is 0.489 e. The molecule has 0 aromatic carbocycles. The average molecular weight is 427 g/mol. The van der Waals surface area contributed by atoms with Crippen molar-refractivity contribution in [1.29, 1.82) is 0 Å². The molecule has 0 radical (unpaired) electrons. The SMILES string of the molecule is C=CC1CCCCC(Oc2ccc(-c3nnn(C)c3COC3CCCCO3)nc2C)C1. The van der Waals surface area contributed by atoms with Gasteiger partial charge in [0, 0.05) is 13.7 Å². The van der Waals surface area contributed by atoms with Crippen molar-refractivity contribution in [3.05, 3.63) is 36.2 Å². The molecule has 0 spiro atoms. The molecule has 2 aromatic rings. The number of hydrogen-bond donors (Lipinski definition) is 0. The molecule has 3 heterocycles. The Labute approximate surface area is 184 Å². The first-order chi connectivity index (χ1) is 15.1. The fourth-order valence-corrected chi connectivity index (χ4v) is 4.41. The van der Waals surface area contributed by atoms with Gasteiger partial charge in [-0.25, -0.2) is 9.67 Å². The van der Waals surface area contributed by atoms with Crippen LogP contribution in [0.2, 0.25) is 0 Å². The van der Waals surface area contributed by atoms with Gasteiger partial charge in [0.2, 0.25) is 0 Å². The van der Waals surface area contributed by atoms with Gasteiger partial charge in [-0.3, -0.25) is 0 Å². The van der Waals surface area contributed by atoms with Gasteiger partial charge >= 0.3 is 0 Å². The molecule has 7 heteroatoms. The summed E-state index contributed by atoms with van der Waals surface area (Å²) in [6.07, 6.45) is 11.1. The minimum Gasteiger partial charge on any atom is -0.489 e. The van der Waals surface area contributed by atoms with Crippen LogP contribution in [0.15, 0.2) is 24.8 Å². The van der Waals surface area contributed by atoms with Gasteiger partial charge in [0.05, 0.1) is 29.8 Å². The molecule has 0 N–H and O–H groups in total. The van der Waals surface area contributed by atoms with Crippen molar-refractivity contribution in [2.45, 2.75) is 77.3 Å². The van der Waals surface area contributed by atoms with E-state index in [2.05, 4.69) is 23.0 Å². The molecule has 31 heavy (non-hydrogen) atoms. The van der Waals surface area contributed by atoms with E-state index in [4.69, 9.17) is 19.2 Å². The highest BCUT2D eigenvalue weighted by atomic mass is 16.7. The topological polar surface area (TPSA) is 71.3 Å². The van der Waals surface area contributed by atoms with E-state index in [1.54, 1.807) is 4.68 Å². The standard InChI is InChI=1S/C24H34N4O3/c1-4-18-9-5-6-10-19(15-18)31-22-13-12-20(25-17(22)2)24-21(28(3)27-26-24)16-30-23-11-7-8-14-29-23/h4,12-13,18-19,23H,1,5-11,14-16H2,2-3H3. The third-order valence-electron chi connectivity index (χ3n) is 6.31. The summed E-state index contributed by atoms with van der Waals surface area (Å²) in [7, 11) is 1.88. The first-order valence-corrected chi connectivity index (χ1v) is 11.5. The van der Waals surface area contributed by atoms with Crippen LogP contribution in [0.5, 0.6) is 5.75 Å². The van der Waals surface area contributed by atoms with E-state index < -0.39 is 0 Å². The lowest BCUT2D eigenvalue weighted by molar-refractivity contribution is -0.169. The summed E-state index contributed by atoms with van der Waals surface area (Å²) in [5.41, 5.74) is 3.29.